The third kappa shape index (κ3) is 2.88. The van der Waals surface area contributed by atoms with Crippen molar-refractivity contribution in [3.05, 3.63) is 30.0 Å². The van der Waals surface area contributed by atoms with E-state index >= 15 is 0 Å². The first kappa shape index (κ1) is 13.4. The summed E-state index contributed by atoms with van der Waals surface area (Å²) in [6.07, 6.45) is 0. The molecule has 1 N–H and O–H groups in total. The Hall–Kier alpha value is -1.99. The first-order chi connectivity index (χ1) is 9.15. The number of nitrogens with zero attached hydrogens (tertiary/aromatic N) is 1. The van der Waals surface area contributed by atoms with Crippen molar-refractivity contribution in [3.8, 4) is 11.8 Å². The molecule has 0 saturated carbocycles. The van der Waals surface area contributed by atoms with Gasteiger partial charge in [-0.05, 0) is 26.0 Å². The highest BCUT2D eigenvalue weighted by Gasteiger charge is 2.14. The molecule has 0 bridgehead atoms. The van der Waals surface area contributed by atoms with Crippen molar-refractivity contribution in [2.24, 2.45) is 5.92 Å². The van der Waals surface area contributed by atoms with Crippen molar-refractivity contribution >= 4 is 11.0 Å². The van der Waals surface area contributed by atoms with Crippen molar-refractivity contribution in [1.29, 1.82) is 5.26 Å². The summed E-state index contributed by atoms with van der Waals surface area (Å²) in [6, 6.07) is 10.1. The Kier molecular flexibility index (Phi) is 4.08. The fourth-order valence-electron chi connectivity index (χ4n) is 1.93. The summed E-state index contributed by atoms with van der Waals surface area (Å²) in [7, 11) is 1.63. The van der Waals surface area contributed by atoms with Crippen LogP contribution >= 0.6 is 0 Å². The van der Waals surface area contributed by atoms with Crippen molar-refractivity contribution in [2.75, 3.05) is 13.7 Å². The molecule has 0 spiro atoms. The van der Waals surface area contributed by atoms with E-state index in [1.54, 1.807) is 7.11 Å². The average molecular weight is 258 g/mol. The quantitative estimate of drug-likeness (QED) is 0.894. The van der Waals surface area contributed by atoms with Gasteiger partial charge in [0.05, 0.1) is 25.1 Å². The standard InChI is InChI=1S/C15H18N2O2/c1-10(8-16)9-17-11(2)14-7-12-5-4-6-13(18-3)15(12)19-14/h4-7,10-11,17H,9H2,1-3H3. The number of para-hydroxylation sites is 1. The van der Waals surface area contributed by atoms with E-state index in [1.807, 2.05) is 38.1 Å². The fourth-order valence-corrected chi connectivity index (χ4v) is 1.93. The van der Waals surface area contributed by atoms with Gasteiger partial charge < -0.3 is 14.5 Å². The molecule has 2 unspecified atom stereocenters. The molecular formula is C15H18N2O2. The summed E-state index contributed by atoms with van der Waals surface area (Å²) in [6.45, 7) is 4.56. The number of hydrogen-bond donors (Lipinski definition) is 1. The monoisotopic (exact) mass is 258 g/mol. The van der Waals surface area contributed by atoms with Gasteiger partial charge in [0.1, 0.15) is 5.76 Å². The second-order valence-electron chi connectivity index (χ2n) is 4.69. The molecule has 2 rings (SSSR count). The number of furan rings is 1. The number of methoxy groups -OCH3 is 1. The normalized spacial score (nSPS) is 14.0. The van der Waals surface area contributed by atoms with Gasteiger partial charge in [-0.1, -0.05) is 12.1 Å². The van der Waals surface area contributed by atoms with Crippen LogP contribution < -0.4 is 10.1 Å². The zero-order valence-corrected chi connectivity index (χ0v) is 11.4. The van der Waals surface area contributed by atoms with Crippen LogP contribution in [0.5, 0.6) is 5.75 Å². The van der Waals surface area contributed by atoms with Gasteiger partial charge in [-0.2, -0.15) is 5.26 Å². The Morgan fingerprint density at radius 1 is 1.42 bits per heavy atom. The molecule has 1 aromatic heterocycles. The molecule has 0 aliphatic heterocycles. The summed E-state index contributed by atoms with van der Waals surface area (Å²) < 4.78 is 11.1. The lowest BCUT2D eigenvalue weighted by atomic mass is 10.1. The minimum absolute atomic E-state index is 0.0126. The van der Waals surface area contributed by atoms with Gasteiger partial charge in [-0.3, -0.25) is 0 Å². The average Bonchev–Trinajstić information content (AvgIpc) is 2.88. The van der Waals surface area contributed by atoms with Gasteiger partial charge in [0.25, 0.3) is 0 Å². The zero-order valence-electron chi connectivity index (χ0n) is 11.4. The molecule has 0 aliphatic carbocycles. The Balaban J connectivity index is 2.19. The third-order valence-electron chi connectivity index (χ3n) is 3.12. The van der Waals surface area contributed by atoms with Crippen LogP contribution in [0.25, 0.3) is 11.0 Å². The molecular weight excluding hydrogens is 240 g/mol. The van der Waals surface area contributed by atoms with E-state index in [9.17, 15) is 0 Å². The van der Waals surface area contributed by atoms with Crippen LogP contribution in [0, 0.1) is 17.2 Å². The van der Waals surface area contributed by atoms with Gasteiger partial charge in [-0.25, -0.2) is 0 Å². The minimum atomic E-state index is -0.0126. The lowest BCUT2D eigenvalue weighted by molar-refractivity contribution is 0.398. The van der Waals surface area contributed by atoms with Crippen LogP contribution in [-0.4, -0.2) is 13.7 Å². The lowest BCUT2D eigenvalue weighted by Gasteiger charge is -2.11. The molecule has 1 aromatic carbocycles. The molecule has 4 heteroatoms. The number of nitriles is 1. The lowest BCUT2D eigenvalue weighted by Crippen LogP contribution is -2.23. The van der Waals surface area contributed by atoms with Crippen molar-refractivity contribution in [1.82, 2.24) is 5.32 Å². The van der Waals surface area contributed by atoms with Crippen LogP contribution in [0.4, 0.5) is 0 Å². The molecule has 2 aromatic rings. The second-order valence-corrected chi connectivity index (χ2v) is 4.69. The van der Waals surface area contributed by atoms with E-state index < -0.39 is 0 Å². The summed E-state index contributed by atoms with van der Waals surface area (Å²) in [5.41, 5.74) is 0.766. The van der Waals surface area contributed by atoms with E-state index in [-0.39, 0.29) is 12.0 Å². The molecule has 100 valence electrons. The minimum Gasteiger partial charge on any atom is -0.493 e. The third-order valence-corrected chi connectivity index (χ3v) is 3.12. The Bertz CT molecular complexity index is 598. The summed E-state index contributed by atoms with van der Waals surface area (Å²) in [5, 5.41) is 13.1. The first-order valence-corrected chi connectivity index (χ1v) is 6.35. The highest BCUT2D eigenvalue weighted by molar-refractivity contribution is 5.83. The Labute approximate surface area is 113 Å². The number of nitrogens with one attached hydrogen (secondary N) is 1. The molecule has 2 atom stereocenters. The van der Waals surface area contributed by atoms with Gasteiger partial charge in [0, 0.05) is 11.9 Å². The maximum atomic E-state index is 8.77. The van der Waals surface area contributed by atoms with Crippen LogP contribution in [0.2, 0.25) is 0 Å². The molecule has 0 amide bonds. The molecule has 0 saturated heterocycles. The molecule has 19 heavy (non-hydrogen) atoms. The second kappa shape index (κ2) is 5.77. The highest BCUT2D eigenvalue weighted by atomic mass is 16.5. The summed E-state index contributed by atoms with van der Waals surface area (Å²) >= 11 is 0. The molecule has 1 heterocycles. The van der Waals surface area contributed by atoms with Crippen LogP contribution in [0.15, 0.2) is 28.7 Å². The van der Waals surface area contributed by atoms with E-state index in [0.29, 0.717) is 6.54 Å². The molecule has 4 nitrogen and oxygen atoms in total. The summed E-state index contributed by atoms with van der Waals surface area (Å²) in [4.78, 5) is 0. The van der Waals surface area contributed by atoms with E-state index in [1.165, 1.54) is 0 Å². The maximum absolute atomic E-state index is 8.77. The maximum Gasteiger partial charge on any atom is 0.176 e. The van der Waals surface area contributed by atoms with Gasteiger partial charge in [0.15, 0.2) is 11.3 Å². The van der Waals surface area contributed by atoms with E-state index in [4.69, 9.17) is 14.4 Å². The molecule has 0 radical (unpaired) electrons. The highest BCUT2D eigenvalue weighted by Crippen LogP contribution is 2.30. The number of benzene rings is 1. The predicted octanol–water partition coefficient (Wildman–Crippen LogP) is 3.25. The largest absolute Gasteiger partial charge is 0.493 e. The SMILES string of the molecule is COc1cccc2cc(C(C)NCC(C)C#N)oc12. The van der Waals surface area contributed by atoms with Gasteiger partial charge in [0.2, 0.25) is 0 Å². The van der Waals surface area contributed by atoms with Gasteiger partial charge in [-0.15, -0.1) is 0 Å². The van der Waals surface area contributed by atoms with Crippen molar-refractivity contribution in [3.63, 3.8) is 0 Å². The van der Waals surface area contributed by atoms with Crippen LogP contribution in [-0.2, 0) is 0 Å². The summed E-state index contributed by atoms with van der Waals surface area (Å²) in [5.74, 6) is 1.58. The zero-order chi connectivity index (χ0) is 13.8. The molecule has 0 fully saturated rings. The van der Waals surface area contributed by atoms with Crippen LogP contribution in [0.3, 0.4) is 0 Å². The van der Waals surface area contributed by atoms with Crippen molar-refractivity contribution in [2.45, 2.75) is 19.9 Å². The number of ether oxygens (including phenoxy) is 1. The Morgan fingerprint density at radius 2 is 2.21 bits per heavy atom. The number of hydrogen-bond acceptors (Lipinski definition) is 4. The Morgan fingerprint density at radius 3 is 2.89 bits per heavy atom. The number of fused-ring (bicyclic) bond motifs is 1. The van der Waals surface area contributed by atoms with E-state index in [0.717, 1.165) is 22.5 Å². The van der Waals surface area contributed by atoms with Crippen molar-refractivity contribution < 1.29 is 9.15 Å². The van der Waals surface area contributed by atoms with Gasteiger partial charge >= 0.3 is 0 Å². The predicted molar refractivity (Wildman–Crippen MR) is 74.0 cm³/mol. The van der Waals surface area contributed by atoms with Crippen LogP contribution in [0.1, 0.15) is 25.6 Å². The molecule has 0 aliphatic rings. The van der Waals surface area contributed by atoms with E-state index in [2.05, 4.69) is 11.4 Å². The first-order valence-electron chi connectivity index (χ1n) is 6.35. The topological polar surface area (TPSA) is 58.2 Å². The number of rotatable bonds is 5. The fraction of sp³-hybridized carbons (Fsp3) is 0.400. The smallest absolute Gasteiger partial charge is 0.176 e.